The van der Waals surface area contributed by atoms with Crippen LogP contribution in [-0.2, 0) is 13.0 Å². The Kier molecular flexibility index (Phi) is 3.66. The topological polar surface area (TPSA) is 86.4 Å². The molecule has 5 nitrogen and oxygen atoms in total. The van der Waals surface area contributed by atoms with Crippen LogP contribution in [0.5, 0.6) is 0 Å². The Hall–Kier alpha value is -2.30. The van der Waals surface area contributed by atoms with Crippen molar-refractivity contribution in [2.75, 3.05) is 0 Å². The fraction of sp³-hybridized carbons (Fsp3) is 0.444. The van der Waals surface area contributed by atoms with Crippen LogP contribution in [0.3, 0.4) is 0 Å². The molecule has 0 bridgehead atoms. The van der Waals surface area contributed by atoms with Crippen LogP contribution in [0.15, 0.2) is 4.99 Å². The average Bonchev–Trinajstić information content (AvgIpc) is 2.62. The molecule has 0 unspecified atom stereocenters. The van der Waals surface area contributed by atoms with Crippen molar-refractivity contribution in [3.63, 3.8) is 0 Å². The summed E-state index contributed by atoms with van der Waals surface area (Å²) in [5, 5.41) is 1.19. The van der Waals surface area contributed by atoms with Gasteiger partial charge in [0.05, 0.1) is 5.52 Å². The smallest absolute Gasteiger partial charge is 0.297 e. The van der Waals surface area contributed by atoms with Crippen LogP contribution in [0.25, 0.3) is 10.9 Å². The minimum absolute atomic E-state index is 0.189. The second-order valence-electron chi connectivity index (χ2n) is 6.50. The molecule has 0 radical (unpaired) electrons. The van der Waals surface area contributed by atoms with Crippen molar-refractivity contribution in [1.29, 1.82) is 0 Å². The maximum absolute atomic E-state index is 12.6. The van der Waals surface area contributed by atoms with Gasteiger partial charge in [-0.1, -0.05) is 0 Å². The zero-order valence-electron chi connectivity index (χ0n) is 14.3. The molecular formula is C18H24N4O. The second kappa shape index (κ2) is 5.41. The second-order valence-corrected chi connectivity index (χ2v) is 6.50. The quantitative estimate of drug-likeness (QED) is 0.627. The predicted octanol–water partition coefficient (Wildman–Crippen LogP) is 2.62. The molecule has 2 aromatic rings. The van der Waals surface area contributed by atoms with Gasteiger partial charge < -0.3 is 16.0 Å². The molecule has 1 amide bonds. The van der Waals surface area contributed by atoms with Crippen LogP contribution in [-0.4, -0.2) is 16.4 Å². The van der Waals surface area contributed by atoms with Crippen molar-refractivity contribution in [2.45, 2.75) is 53.5 Å². The number of hydrogen-bond donors (Lipinski definition) is 2. The summed E-state index contributed by atoms with van der Waals surface area (Å²) in [7, 11) is 0. The van der Waals surface area contributed by atoms with Gasteiger partial charge in [-0.2, -0.15) is 4.99 Å². The van der Waals surface area contributed by atoms with E-state index in [0.717, 1.165) is 31.4 Å². The third-order valence-electron chi connectivity index (χ3n) is 5.24. The average molecular weight is 312 g/mol. The molecule has 5 heteroatoms. The molecule has 4 N–H and O–H groups in total. The lowest BCUT2D eigenvalue weighted by Gasteiger charge is -2.14. The number of aliphatic imine (C=N–C) groups is 1. The first kappa shape index (κ1) is 15.6. The minimum Gasteiger partial charge on any atom is -0.370 e. The molecule has 122 valence electrons. The first-order valence-electron chi connectivity index (χ1n) is 8.10. The van der Waals surface area contributed by atoms with Gasteiger partial charge in [-0.05, 0) is 74.8 Å². The highest BCUT2D eigenvalue weighted by atomic mass is 16.1. The number of aromatic nitrogens is 1. The monoisotopic (exact) mass is 312 g/mol. The summed E-state index contributed by atoms with van der Waals surface area (Å²) in [6.45, 7) is 9.33. The molecule has 1 aliphatic heterocycles. The molecule has 1 aliphatic rings. The molecule has 1 aromatic heterocycles. The van der Waals surface area contributed by atoms with Gasteiger partial charge in [-0.25, -0.2) is 0 Å². The fourth-order valence-electron chi connectivity index (χ4n) is 3.94. The highest BCUT2D eigenvalue weighted by Gasteiger charge is 2.26. The fourth-order valence-corrected chi connectivity index (χ4v) is 3.94. The van der Waals surface area contributed by atoms with Crippen molar-refractivity contribution in [2.24, 2.45) is 16.5 Å². The van der Waals surface area contributed by atoms with Gasteiger partial charge in [0, 0.05) is 11.9 Å². The number of rotatable bonds is 1. The van der Waals surface area contributed by atoms with Gasteiger partial charge in [-0.3, -0.25) is 4.79 Å². The maximum Gasteiger partial charge on any atom is 0.297 e. The van der Waals surface area contributed by atoms with Crippen molar-refractivity contribution in [1.82, 2.24) is 4.57 Å². The molecule has 0 atom stereocenters. The van der Waals surface area contributed by atoms with Crippen LogP contribution >= 0.6 is 0 Å². The Balaban J connectivity index is 2.46. The van der Waals surface area contributed by atoms with E-state index in [2.05, 4.69) is 30.3 Å². The Morgan fingerprint density at radius 2 is 1.70 bits per heavy atom. The summed E-state index contributed by atoms with van der Waals surface area (Å²) in [6.07, 6.45) is 3.25. The zero-order chi connectivity index (χ0) is 16.9. The summed E-state index contributed by atoms with van der Waals surface area (Å²) in [5.41, 5.74) is 18.9. The number of nitrogens with two attached hydrogens (primary N) is 2. The molecular weight excluding hydrogens is 288 g/mol. The van der Waals surface area contributed by atoms with E-state index in [4.69, 9.17) is 11.5 Å². The van der Waals surface area contributed by atoms with Crippen molar-refractivity contribution < 1.29 is 4.79 Å². The van der Waals surface area contributed by atoms with Crippen molar-refractivity contribution in [3.8, 4) is 0 Å². The predicted molar refractivity (Wildman–Crippen MR) is 94.0 cm³/mol. The number of carbonyl (C=O) groups excluding carboxylic acids is 1. The molecule has 2 heterocycles. The number of carbonyl (C=O) groups is 1. The standard InChI is InChI=1S/C18H24N4O/c1-9-10(2)13-7-5-6-8-22-15(17(23)21-18(19)20)12(4)14(11(9)3)16(13)22/h5-8H2,1-4H3,(H4,19,20,21,23). The number of guanidine groups is 1. The molecule has 0 aliphatic carbocycles. The lowest BCUT2D eigenvalue weighted by Crippen LogP contribution is -2.25. The van der Waals surface area contributed by atoms with Crippen LogP contribution in [0.4, 0.5) is 0 Å². The number of hydrogen-bond acceptors (Lipinski definition) is 1. The van der Waals surface area contributed by atoms with Crippen LogP contribution in [0.2, 0.25) is 0 Å². The third-order valence-corrected chi connectivity index (χ3v) is 5.24. The van der Waals surface area contributed by atoms with Gasteiger partial charge in [0.2, 0.25) is 0 Å². The Bertz CT molecular complexity index is 854. The maximum atomic E-state index is 12.6. The Labute approximate surface area is 136 Å². The summed E-state index contributed by atoms with van der Waals surface area (Å²) in [6, 6.07) is 0. The molecule has 0 spiro atoms. The van der Waals surface area contributed by atoms with Crippen LogP contribution < -0.4 is 11.5 Å². The SMILES string of the molecule is Cc1c(C)c2c3c(c1C)c(C)c(C(=O)N=C(N)N)n3CCCC2. The van der Waals surface area contributed by atoms with E-state index in [1.807, 2.05) is 6.92 Å². The third kappa shape index (κ3) is 2.22. The number of aryl methyl sites for hydroxylation is 4. The van der Waals surface area contributed by atoms with Gasteiger partial charge in [0.15, 0.2) is 5.96 Å². The highest BCUT2D eigenvalue weighted by molar-refractivity contribution is 6.07. The zero-order valence-corrected chi connectivity index (χ0v) is 14.3. The largest absolute Gasteiger partial charge is 0.370 e. The molecule has 3 rings (SSSR count). The lowest BCUT2D eigenvalue weighted by atomic mass is 9.91. The molecule has 1 aromatic carbocycles. The molecule has 0 fully saturated rings. The lowest BCUT2D eigenvalue weighted by molar-refractivity contribution is 0.0993. The van der Waals surface area contributed by atoms with E-state index in [9.17, 15) is 4.79 Å². The first-order chi connectivity index (χ1) is 10.8. The van der Waals surface area contributed by atoms with E-state index in [1.165, 1.54) is 33.2 Å². The van der Waals surface area contributed by atoms with Crippen molar-refractivity contribution >= 4 is 22.8 Å². The Morgan fingerprint density at radius 3 is 2.35 bits per heavy atom. The van der Waals surface area contributed by atoms with E-state index in [0.29, 0.717) is 5.69 Å². The Morgan fingerprint density at radius 1 is 1.00 bits per heavy atom. The molecule has 23 heavy (non-hydrogen) atoms. The molecule has 0 saturated heterocycles. The molecule has 0 saturated carbocycles. The number of nitrogens with zero attached hydrogens (tertiary/aromatic N) is 2. The van der Waals surface area contributed by atoms with E-state index >= 15 is 0 Å². The summed E-state index contributed by atoms with van der Waals surface area (Å²) in [5.74, 6) is -0.536. The van der Waals surface area contributed by atoms with E-state index in [1.54, 1.807) is 0 Å². The summed E-state index contributed by atoms with van der Waals surface area (Å²) < 4.78 is 2.14. The minimum atomic E-state index is -0.346. The van der Waals surface area contributed by atoms with Gasteiger partial charge in [-0.15, -0.1) is 0 Å². The van der Waals surface area contributed by atoms with Crippen LogP contribution in [0.1, 0.15) is 51.1 Å². The van der Waals surface area contributed by atoms with Gasteiger partial charge in [0.25, 0.3) is 5.91 Å². The van der Waals surface area contributed by atoms with E-state index < -0.39 is 0 Å². The highest BCUT2D eigenvalue weighted by Crippen LogP contribution is 2.38. The first-order valence-corrected chi connectivity index (χ1v) is 8.10. The normalized spacial score (nSPS) is 13.9. The van der Waals surface area contributed by atoms with Crippen molar-refractivity contribution in [3.05, 3.63) is 33.5 Å². The van der Waals surface area contributed by atoms with Gasteiger partial charge in [0.1, 0.15) is 5.69 Å². The van der Waals surface area contributed by atoms with Crippen LogP contribution in [0, 0.1) is 27.7 Å². The number of amides is 1. The summed E-state index contributed by atoms with van der Waals surface area (Å²) in [4.78, 5) is 16.4. The van der Waals surface area contributed by atoms with E-state index in [-0.39, 0.29) is 11.9 Å². The summed E-state index contributed by atoms with van der Waals surface area (Å²) >= 11 is 0. The van der Waals surface area contributed by atoms with Gasteiger partial charge >= 0.3 is 0 Å². The number of benzene rings is 1.